The minimum atomic E-state index is -4.56. The van der Waals surface area contributed by atoms with Crippen LogP contribution < -0.4 is 20.6 Å². The number of hydrogen-bond acceptors (Lipinski definition) is 5. The highest BCUT2D eigenvalue weighted by molar-refractivity contribution is 6.31. The Labute approximate surface area is 180 Å². The van der Waals surface area contributed by atoms with Crippen molar-refractivity contribution >= 4 is 23.2 Å². The molecule has 2 heterocycles. The van der Waals surface area contributed by atoms with Gasteiger partial charge in [0.25, 0.3) is 0 Å². The molecule has 2 aromatic carbocycles. The van der Waals surface area contributed by atoms with E-state index in [1.807, 2.05) is 18.0 Å². The summed E-state index contributed by atoms with van der Waals surface area (Å²) in [7, 11) is 1.92. The number of fused-ring (bicyclic) bond motifs is 1. The number of aromatic nitrogens is 2. The zero-order chi connectivity index (χ0) is 22.2. The number of alkyl halides is 3. The fourth-order valence-electron chi connectivity index (χ4n) is 3.26. The van der Waals surface area contributed by atoms with E-state index in [4.69, 9.17) is 16.3 Å². The van der Waals surface area contributed by atoms with Crippen LogP contribution in [0.2, 0.25) is 5.02 Å². The SMILES string of the molecule is CN1CCn2c1cc(NCc1ccc(Oc3ccc(Cl)c(C(F)(F)F)c3)cc1)nc2=O. The predicted molar refractivity (Wildman–Crippen MR) is 112 cm³/mol. The fourth-order valence-corrected chi connectivity index (χ4v) is 3.49. The monoisotopic (exact) mass is 450 g/mol. The average Bonchev–Trinajstić information content (AvgIpc) is 3.09. The first-order chi connectivity index (χ1) is 14.7. The van der Waals surface area contributed by atoms with Crippen LogP contribution in [0, 0.1) is 0 Å². The van der Waals surface area contributed by atoms with Crippen LogP contribution in [0.5, 0.6) is 11.5 Å². The summed E-state index contributed by atoms with van der Waals surface area (Å²) in [5.41, 5.74) is -0.361. The molecule has 162 valence electrons. The number of nitrogens with one attached hydrogen (secondary N) is 1. The summed E-state index contributed by atoms with van der Waals surface area (Å²) >= 11 is 5.63. The molecule has 0 spiro atoms. The first-order valence-electron chi connectivity index (χ1n) is 9.41. The second-order valence-corrected chi connectivity index (χ2v) is 7.50. The van der Waals surface area contributed by atoms with Gasteiger partial charge in [0, 0.05) is 32.7 Å². The number of ether oxygens (including phenoxy) is 1. The van der Waals surface area contributed by atoms with E-state index in [9.17, 15) is 18.0 Å². The quantitative estimate of drug-likeness (QED) is 0.607. The van der Waals surface area contributed by atoms with E-state index in [0.29, 0.717) is 24.7 Å². The van der Waals surface area contributed by atoms with Crippen LogP contribution in [0.1, 0.15) is 11.1 Å². The normalized spacial score (nSPS) is 13.3. The van der Waals surface area contributed by atoms with Crippen molar-refractivity contribution in [3.63, 3.8) is 0 Å². The summed E-state index contributed by atoms with van der Waals surface area (Å²) in [6.07, 6.45) is -4.56. The van der Waals surface area contributed by atoms with Gasteiger partial charge in [-0.3, -0.25) is 4.57 Å². The van der Waals surface area contributed by atoms with Gasteiger partial charge in [0.1, 0.15) is 23.1 Å². The van der Waals surface area contributed by atoms with E-state index >= 15 is 0 Å². The molecule has 0 saturated carbocycles. The maximum absolute atomic E-state index is 13.0. The van der Waals surface area contributed by atoms with E-state index < -0.39 is 11.7 Å². The molecule has 10 heteroatoms. The van der Waals surface area contributed by atoms with Crippen molar-refractivity contribution in [3.05, 3.63) is 75.2 Å². The number of hydrogen-bond donors (Lipinski definition) is 1. The number of halogens is 4. The van der Waals surface area contributed by atoms with Crippen molar-refractivity contribution in [1.82, 2.24) is 9.55 Å². The predicted octanol–water partition coefficient (Wildman–Crippen LogP) is 4.77. The van der Waals surface area contributed by atoms with E-state index in [0.717, 1.165) is 30.1 Å². The molecule has 0 radical (unpaired) electrons. The van der Waals surface area contributed by atoms with Gasteiger partial charge < -0.3 is 15.0 Å². The van der Waals surface area contributed by atoms with Crippen LogP contribution >= 0.6 is 11.6 Å². The number of rotatable bonds is 5. The Kier molecular flexibility index (Phi) is 5.53. The molecule has 1 aliphatic rings. The Morgan fingerprint density at radius 2 is 1.81 bits per heavy atom. The van der Waals surface area contributed by atoms with E-state index in [2.05, 4.69) is 10.3 Å². The molecule has 1 aliphatic heterocycles. The molecule has 0 amide bonds. The van der Waals surface area contributed by atoms with Crippen molar-refractivity contribution in [2.45, 2.75) is 19.3 Å². The lowest BCUT2D eigenvalue weighted by Crippen LogP contribution is -2.22. The van der Waals surface area contributed by atoms with Crippen molar-refractivity contribution in [2.24, 2.45) is 0 Å². The molecule has 0 aliphatic carbocycles. The van der Waals surface area contributed by atoms with Gasteiger partial charge in [-0.2, -0.15) is 18.2 Å². The van der Waals surface area contributed by atoms with Crippen molar-refractivity contribution in [3.8, 4) is 11.5 Å². The molecule has 0 saturated heterocycles. The summed E-state index contributed by atoms with van der Waals surface area (Å²) in [5.74, 6) is 1.71. The molecule has 3 aromatic rings. The van der Waals surface area contributed by atoms with Crippen molar-refractivity contribution < 1.29 is 17.9 Å². The van der Waals surface area contributed by atoms with Gasteiger partial charge in [-0.1, -0.05) is 23.7 Å². The largest absolute Gasteiger partial charge is 0.457 e. The molecule has 0 atom stereocenters. The Bertz CT molecular complexity index is 1160. The van der Waals surface area contributed by atoms with Gasteiger partial charge in [0.15, 0.2) is 0 Å². The molecule has 0 bridgehead atoms. The lowest BCUT2D eigenvalue weighted by molar-refractivity contribution is -0.137. The molecule has 4 rings (SSSR count). The van der Waals surface area contributed by atoms with E-state index in [1.165, 1.54) is 6.07 Å². The Balaban J connectivity index is 1.42. The van der Waals surface area contributed by atoms with Gasteiger partial charge in [0.2, 0.25) is 0 Å². The second-order valence-electron chi connectivity index (χ2n) is 7.09. The van der Waals surface area contributed by atoms with Crippen LogP contribution in [0.25, 0.3) is 0 Å². The minimum Gasteiger partial charge on any atom is -0.457 e. The summed E-state index contributed by atoms with van der Waals surface area (Å²) in [6.45, 7) is 1.80. The minimum absolute atomic E-state index is 0.0366. The molecule has 1 aromatic heterocycles. The third-order valence-electron chi connectivity index (χ3n) is 4.92. The first kappa shape index (κ1) is 21.0. The highest BCUT2D eigenvalue weighted by atomic mass is 35.5. The van der Waals surface area contributed by atoms with Crippen LogP contribution in [-0.4, -0.2) is 23.1 Å². The highest BCUT2D eigenvalue weighted by Gasteiger charge is 2.33. The Morgan fingerprint density at radius 1 is 1.10 bits per heavy atom. The molecular formula is C21H18ClF3N4O2. The second kappa shape index (κ2) is 8.14. The molecule has 1 N–H and O–H groups in total. The standard InChI is InChI=1S/C21H18ClF3N4O2/c1-28-8-9-29-19(28)11-18(27-20(29)30)26-12-13-2-4-14(5-3-13)31-15-6-7-17(22)16(10-15)21(23,24)25/h2-7,10-11H,8-9,12H2,1H3,(H,26,27,30). The number of nitrogens with zero attached hydrogens (tertiary/aromatic N) is 3. The third-order valence-corrected chi connectivity index (χ3v) is 5.24. The zero-order valence-electron chi connectivity index (χ0n) is 16.4. The zero-order valence-corrected chi connectivity index (χ0v) is 17.2. The van der Waals surface area contributed by atoms with Gasteiger partial charge in [-0.05, 0) is 35.9 Å². The molecule has 6 nitrogen and oxygen atoms in total. The van der Waals surface area contributed by atoms with Gasteiger partial charge in [-0.25, -0.2) is 4.79 Å². The van der Waals surface area contributed by atoms with Crippen LogP contribution in [0.4, 0.5) is 24.8 Å². The molecular weight excluding hydrogens is 433 g/mol. The maximum atomic E-state index is 13.0. The van der Waals surface area contributed by atoms with Gasteiger partial charge in [0.05, 0.1) is 10.6 Å². The highest BCUT2D eigenvalue weighted by Crippen LogP contribution is 2.37. The number of benzene rings is 2. The Morgan fingerprint density at radius 3 is 2.52 bits per heavy atom. The average molecular weight is 451 g/mol. The summed E-state index contributed by atoms with van der Waals surface area (Å²) in [5, 5.41) is 2.74. The summed E-state index contributed by atoms with van der Waals surface area (Å²) < 4.78 is 46.1. The Hall–Kier alpha value is -3.20. The lowest BCUT2D eigenvalue weighted by atomic mass is 10.2. The fraction of sp³-hybridized carbons (Fsp3) is 0.238. The topological polar surface area (TPSA) is 59.4 Å². The third kappa shape index (κ3) is 4.61. The maximum Gasteiger partial charge on any atom is 0.417 e. The first-order valence-corrected chi connectivity index (χ1v) is 9.79. The molecule has 0 unspecified atom stereocenters. The van der Waals surface area contributed by atoms with Crippen molar-refractivity contribution in [2.75, 3.05) is 23.8 Å². The number of anilines is 2. The van der Waals surface area contributed by atoms with Gasteiger partial charge in [-0.15, -0.1) is 0 Å². The smallest absolute Gasteiger partial charge is 0.417 e. The number of likely N-dealkylation sites (N-methyl/N-ethyl adjacent to an activating group) is 1. The molecule has 0 fully saturated rings. The van der Waals surface area contributed by atoms with E-state index in [1.54, 1.807) is 28.8 Å². The van der Waals surface area contributed by atoms with Crippen molar-refractivity contribution in [1.29, 1.82) is 0 Å². The van der Waals surface area contributed by atoms with Crippen LogP contribution in [0.15, 0.2) is 53.3 Å². The lowest BCUT2D eigenvalue weighted by Gasteiger charge is -2.13. The van der Waals surface area contributed by atoms with Gasteiger partial charge >= 0.3 is 11.9 Å². The van der Waals surface area contributed by atoms with E-state index in [-0.39, 0.29) is 16.5 Å². The summed E-state index contributed by atoms with van der Waals surface area (Å²) in [6, 6.07) is 12.1. The summed E-state index contributed by atoms with van der Waals surface area (Å²) in [4.78, 5) is 18.1. The van der Waals surface area contributed by atoms with Crippen LogP contribution in [-0.2, 0) is 19.3 Å². The molecule has 31 heavy (non-hydrogen) atoms. The van der Waals surface area contributed by atoms with Crippen LogP contribution in [0.3, 0.4) is 0 Å².